The molecule has 3 rings (SSSR count). The van der Waals surface area contributed by atoms with E-state index in [1.807, 2.05) is 13.0 Å². The summed E-state index contributed by atoms with van der Waals surface area (Å²) in [7, 11) is 0. The van der Waals surface area contributed by atoms with E-state index < -0.39 is 0 Å². The summed E-state index contributed by atoms with van der Waals surface area (Å²) in [5.74, 6) is 1.37. The molecule has 20 heavy (non-hydrogen) atoms. The lowest BCUT2D eigenvalue weighted by atomic mass is 9.78. The van der Waals surface area contributed by atoms with E-state index >= 15 is 0 Å². The lowest BCUT2D eigenvalue weighted by Crippen LogP contribution is -2.46. The van der Waals surface area contributed by atoms with Crippen molar-refractivity contribution in [3.63, 3.8) is 0 Å². The Kier molecular flexibility index (Phi) is 4.37. The highest BCUT2D eigenvalue weighted by Gasteiger charge is 2.33. The van der Waals surface area contributed by atoms with Crippen molar-refractivity contribution in [2.24, 2.45) is 5.92 Å². The molecule has 0 bridgehead atoms. The van der Waals surface area contributed by atoms with Crippen LogP contribution in [0.2, 0.25) is 0 Å². The Balaban J connectivity index is 1.79. The minimum absolute atomic E-state index is 0.478. The van der Waals surface area contributed by atoms with Crippen molar-refractivity contribution in [1.29, 1.82) is 0 Å². The van der Waals surface area contributed by atoms with Crippen LogP contribution in [0.25, 0.3) is 0 Å². The molecule has 1 aromatic rings. The smallest absolute Gasteiger partial charge is 0.123 e. The number of fused-ring (bicyclic) bond motifs is 1. The average molecular weight is 338 g/mol. The summed E-state index contributed by atoms with van der Waals surface area (Å²) in [5, 5.41) is 10.3. The van der Waals surface area contributed by atoms with Gasteiger partial charge in [-0.25, -0.2) is 0 Å². The number of hydrogen-bond acceptors (Lipinski definition) is 2. The highest BCUT2D eigenvalue weighted by Crippen LogP contribution is 2.37. The molecule has 1 saturated carbocycles. The largest absolute Gasteiger partial charge is 0.507 e. The van der Waals surface area contributed by atoms with Crippen molar-refractivity contribution >= 4 is 15.9 Å². The lowest BCUT2D eigenvalue weighted by Gasteiger charge is -2.44. The predicted octanol–water partition coefficient (Wildman–Crippen LogP) is 4.62. The van der Waals surface area contributed by atoms with E-state index in [0.29, 0.717) is 5.75 Å². The number of benzene rings is 1. The third-order valence-electron chi connectivity index (χ3n) is 5.08. The monoisotopic (exact) mass is 337 g/mol. The molecular weight excluding hydrogens is 314 g/mol. The summed E-state index contributed by atoms with van der Waals surface area (Å²) in [6.07, 6.45) is 8.26. The second-order valence-electron chi connectivity index (χ2n) is 6.46. The SMILES string of the molecule is Cc1cc(Br)cc(CN2CCC[C@H]3CCCC[C@H]32)c1O. The van der Waals surface area contributed by atoms with E-state index in [1.165, 1.54) is 45.1 Å². The van der Waals surface area contributed by atoms with Crippen LogP contribution in [-0.2, 0) is 6.54 Å². The van der Waals surface area contributed by atoms with E-state index in [4.69, 9.17) is 0 Å². The molecule has 0 aromatic heterocycles. The number of piperidine rings is 1. The van der Waals surface area contributed by atoms with Crippen LogP contribution in [-0.4, -0.2) is 22.6 Å². The number of hydrogen-bond donors (Lipinski definition) is 1. The Morgan fingerprint density at radius 2 is 1.95 bits per heavy atom. The summed E-state index contributed by atoms with van der Waals surface area (Å²) < 4.78 is 1.07. The lowest BCUT2D eigenvalue weighted by molar-refractivity contribution is 0.0541. The maximum absolute atomic E-state index is 10.3. The molecule has 2 nitrogen and oxygen atoms in total. The molecule has 3 heteroatoms. The summed E-state index contributed by atoms with van der Waals surface area (Å²) in [6, 6.07) is 4.81. The zero-order valence-electron chi connectivity index (χ0n) is 12.2. The minimum Gasteiger partial charge on any atom is -0.507 e. The van der Waals surface area contributed by atoms with Crippen molar-refractivity contribution in [3.05, 3.63) is 27.7 Å². The van der Waals surface area contributed by atoms with Crippen molar-refractivity contribution in [1.82, 2.24) is 4.90 Å². The normalized spacial score (nSPS) is 27.3. The van der Waals surface area contributed by atoms with Gasteiger partial charge < -0.3 is 5.11 Å². The number of halogens is 1. The van der Waals surface area contributed by atoms with Gasteiger partial charge in [0.05, 0.1) is 0 Å². The first-order valence-corrected chi connectivity index (χ1v) is 8.66. The molecule has 1 N–H and O–H groups in total. The molecular formula is C17H24BrNO. The van der Waals surface area contributed by atoms with Crippen molar-refractivity contribution in [2.45, 2.75) is 58.0 Å². The molecule has 1 heterocycles. The van der Waals surface area contributed by atoms with Gasteiger partial charge in [0.1, 0.15) is 5.75 Å². The fraction of sp³-hybridized carbons (Fsp3) is 0.647. The van der Waals surface area contributed by atoms with Crippen LogP contribution in [0.1, 0.15) is 49.7 Å². The van der Waals surface area contributed by atoms with E-state index in [9.17, 15) is 5.11 Å². The van der Waals surface area contributed by atoms with E-state index in [-0.39, 0.29) is 0 Å². The highest BCUT2D eigenvalue weighted by atomic mass is 79.9. The highest BCUT2D eigenvalue weighted by molar-refractivity contribution is 9.10. The molecule has 1 aliphatic carbocycles. The Morgan fingerprint density at radius 1 is 1.20 bits per heavy atom. The number of aryl methyl sites for hydroxylation is 1. The summed E-state index contributed by atoms with van der Waals surface area (Å²) in [6.45, 7) is 4.06. The van der Waals surface area contributed by atoms with Crippen molar-refractivity contribution in [3.8, 4) is 5.75 Å². The van der Waals surface area contributed by atoms with Gasteiger partial charge in [-0.05, 0) is 62.8 Å². The predicted molar refractivity (Wildman–Crippen MR) is 85.9 cm³/mol. The molecule has 2 aliphatic rings. The van der Waals surface area contributed by atoms with Crippen LogP contribution >= 0.6 is 15.9 Å². The van der Waals surface area contributed by atoms with E-state index in [2.05, 4.69) is 26.9 Å². The van der Waals surface area contributed by atoms with Crippen LogP contribution in [0, 0.1) is 12.8 Å². The van der Waals surface area contributed by atoms with Gasteiger partial charge in [-0.15, -0.1) is 0 Å². The molecule has 1 aromatic carbocycles. The van der Waals surface area contributed by atoms with Crippen molar-refractivity contribution in [2.75, 3.05) is 6.54 Å². The molecule has 2 fully saturated rings. The first-order chi connectivity index (χ1) is 9.65. The standard InChI is InChI=1S/C17H24BrNO/c1-12-9-15(18)10-14(17(12)20)11-19-8-4-6-13-5-2-3-7-16(13)19/h9-10,13,16,20H,2-8,11H2,1H3/t13-,16-/m1/s1. The zero-order valence-corrected chi connectivity index (χ0v) is 13.8. The molecule has 1 saturated heterocycles. The van der Waals surface area contributed by atoms with Gasteiger partial charge in [0.15, 0.2) is 0 Å². The molecule has 0 spiro atoms. The second-order valence-corrected chi connectivity index (χ2v) is 7.37. The number of phenolic OH excluding ortho intramolecular Hbond substituents is 1. The van der Waals surface area contributed by atoms with Crippen LogP contribution in [0.15, 0.2) is 16.6 Å². The molecule has 0 amide bonds. The maximum Gasteiger partial charge on any atom is 0.123 e. The van der Waals surface area contributed by atoms with Crippen LogP contribution in [0.3, 0.4) is 0 Å². The molecule has 2 atom stereocenters. The number of phenols is 1. The summed E-state index contributed by atoms with van der Waals surface area (Å²) >= 11 is 3.55. The summed E-state index contributed by atoms with van der Waals surface area (Å²) in [5.41, 5.74) is 2.04. The van der Waals surface area contributed by atoms with Gasteiger partial charge in [-0.3, -0.25) is 4.90 Å². The first kappa shape index (κ1) is 14.4. The third kappa shape index (κ3) is 2.89. The molecule has 0 radical (unpaired) electrons. The first-order valence-electron chi connectivity index (χ1n) is 7.87. The average Bonchev–Trinajstić information content (AvgIpc) is 2.44. The maximum atomic E-state index is 10.3. The number of likely N-dealkylation sites (tertiary alicyclic amines) is 1. The van der Waals surface area contributed by atoms with Crippen LogP contribution in [0.5, 0.6) is 5.75 Å². The molecule has 110 valence electrons. The Bertz CT molecular complexity index is 486. The number of rotatable bonds is 2. The third-order valence-corrected chi connectivity index (χ3v) is 5.53. The quantitative estimate of drug-likeness (QED) is 0.851. The van der Waals surface area contributed by atoms with Crippen molar-refractivity contribution < 1.29 is 5.11 Å². The Hall–Kier alpha value is -0.540. The minimum atomic E-state index is 0.478. The second kappa shape index (κ2) is 6.07. The van der Waals surface area contributed by atoms with Crippen LogP contribution in [0.4, 0.5) is 0 Å². The van der Waals surface area contributed by atoms with Gasteiger partial charge in [-0.1, -0.05) is 28.8 Å². The Morgan fingerprint density at radius 3 is 2.80 bits per heavy atom. The fourth-order valence-electron chi connectivity index (χ4n) is 4.07. The van der Waals surface area contributed by atoms with Crippen LogP contribution < -0.4 is 0 Å². The number of aromatic hydroxyl groups is 1. The topological polar surface area (TPSA) is 23.5 Å². The fourth-order valence-corrected chi connectivity index (χ4v) is 4.69. The molecule has 1 aliphatic heterocycles. The Labute approximate surface area is 130 Å². The zero-order chi connectivity index (χ0) is 14.1. The van der Waals surface area contributed by atoms with E-state index in [1.54, 1.807) is 0 Å². The van der Waals surface area contributed by atoms with Gasteiger partial charge in [0.25, 0.3) is 0 Å². The van der Waals surface area contributed by atoms with Gasteiger partial charge in [-0.2, -0.15) is 0 Å². The summed E-state index contributed by atoms with van der Waals surface area (Å²) in [4.78, 5) is 2.62. The van der Waals surface area contributed by atoms with Gasteiger partial charge in [0, 0.05) is 22.6 Å². The van der Waals surface area contributed by atoms with Gasteiger partial charge >= 0.3 is 0 Å². The molecule has 0 unspecified atom stereocenters. The van der Waals surface area contributed by atoms with Gasteiger partial charge in [0.2, 0.25) is 0 Å². The van der Waals surface area contributed by atoms with E-state index in [0.717, 1.165) is 34.1 Å². The number of nitrogens with zero attached hydrogens (tertiary/aromatic N) is 1.